The third-order valence-corrected chi connectivity index (χ3v) is 3.28. The zero-order valence-electron chi connectivity index (χ0n) is 10.6. The molecule has 1 heterocycles. The number of hydrogen-bond donors (Lipinski definition) is 1. The fraction of sp³-hybridized carbons (Fsp3) is 0.0625. The van der Waals surface area contributed by atoms with Crippen LogP contribution in [0.2, 0.25) is 0 Å². The molecule has 100 valence electrons. The van der Waals surface area contributed by atoms with Crippen LogP contribution >= 0.6 is 0 Å². The van der Waals surface area contributed by atoms with Crippen molar-refractivity contribution in [3.63, 3.8) is 0 Å². The lowest BCUT2D eigenvalue weighted by Crippen LogP contribution is -2.14. The third-order valence-electron chi connectivity index (χ3n) is 3.28. The zero-order valence-corrected chi connectivity index (χ0v) is 10.6. The second-order valence-corrected chi connectivity index (χ2v) is 4.60. The quantitative estimate of drug-likeness (QED) is 0.773. The number of hydrogen-bond acceptors (Lipinski definition) is 2. The number of benzene rings is 2. The van der Waals surface area contributed by atoms with E-state index in [0.29, 0.717) is 5.56 Å². The maximum absolute atomic E-state index is 13.8. The molecule has 0 saturated heterocycles. The summed E-state index contributed by atoms with van der Waals surface area (Å²) in [7, 11) is 0. The molecule has 0 aliphatic carbocycles. The standard InChI is InChI=1S/C16H12F2N2/c17-12-5-6-14(18)13(9-12)16(19)11-4-3-10-2-1-7-20-15(10)8-11/h1-9,16H,19H2. The lowest BCUT2D eigenvalue weighted by atomic mass is 9.98. The van der Waals surface area contributed by atoms with Crippen molar-refractivity contribution in [2.24, 2.45) is 5.73 Å². The summed E-state index contributed by atoms with van der Waals surface area (Å²) in [4.78, 5) is 4.23. The number of pyridine rings is 1. The van der Waals surface area contributed by atoms with Gasteiger partial charge in [0.1, 0.15) is 11.6 Å². The van der Waals surface area contributed by atoms with Crippen LogP contribution in [0.15, 0.2) is 54.7 Å². The Labute approximate surface area is 114 Å². The predicted octanol–water partition coefficient (Wildman–Crippen LogP) is 3.56. The molecule has 2 aromatic carbocycles. The number of aromatic nitrogens is 1. The summed E-state index contributed by atoms with van der Waals surface area (Å²) in [5.41, 5.74) is 7.65. The Morgan fingerprint density at radius 2 is 1.85 bits per heavy atom. The van der Waals surface area contributed by atoms with E-state index in [4.69, 9.17) is 5.73 Å². The molecule has 3 aromatic rings. The van der Waals surface area contributed by atoms with Crippen LogP contribution in [0, 0.1) is 11.6 Å². The fourth-order valence-electron chi connectivity index (χ4n) is 2.21. The molecular weight excluding hydrogens is 258 g/mol. The Morgan fingerprint density at radius 3 is 2.70 bits per heavy atom. The SMILES string of the molecule is NC(c1ccc2cccnc2c1)c1cc(F)ccc1F. The molecule has 1 aromatic heterocycles. The highest BCUT2D eigenvalue weighted by molar-refractivity contribution is 5.79. The number of rotatable bonds is 2. The summed E-state index contributed by atoms with van der Waals surface area (Å²) in [5.74, 6) is -1.02. The van der Waals surface area contributed by atoms with Gasteiger partial charge in [0.25, 0.3) is 0 Å². The summed E-state index contributed by atoms with van der Waals surface area (Å²) in [6.45, 7) is 0. The molecule has 0 fully saturated rings. The Hall–Kier alpha value is -2.33. The van der Waals surface area contributed by atoms with Gasteiger partial charge in [-0.05, 0) is 35.9 Å². The largest absolute Gasteiger partial charge is 0.320 e. The van der Waals surface area contributed by atoms with Gasteiger partial charge in [-0.1, -0.05) is 18.2 Å². The monoisotopic (exact) mass is 270 g/mol. The summed E-state index contributed by atoms with van der Waals surface area (Å²) < 4.78 is 27.0. The summed E-state index contributed by atoms with van der Waals surface area (Å²) in [5, 5.41) is 0.975. The van der Waals surface area contributed by atoms with Crippen LogP contribution in [-0.2, 0) is 0 Å². The van der Waals surface area contributed by atoms with Crippen LogP contribution in [-0.4, -0.2) is 4.98 Å². The Balaban J connectivity index is 2.07. The fourth-order valence-corrected chi connectivity index (χ4v) is 2.21. The Morgan fingerprint density at radius 1 is 1.00 bits per heavy atom. The predicted molar refractivity (Wildman–Crippen MR) is 74.1 cm³/mol. The van der Waals surface area contributed by atoms with E-state index < -0.39 is 17.7 Å². The van der Waals surface area contributed by atoms with Gasteiger partial charge in [-0.15, -0.1) is 0 Å². The van der Waals surface area contributed by atoms with E-state index in [9.17, 15) is 8.78 Å². The molecule has 0 amide bonds. The maximum Gasteiger partial charge on any atom is 0.128 e. The third kappa shape index (κ3) is 2.26. The zero-order chi connectivity index (χ0) is 14.1. The van der Waals surface area contributed by atoms with Gasteiger partial charge in [0.15, 0.2) is 0 Å². The highest BCUT2D eigenvalue weighted by atomic mass is 19.1. The van der Waals surface area contributed by atoms with Crippen molar-refractivity contribution < 1.29 is 8.78 Å². The molecule has 1 atom stereocenters. The maximum atomic E-state index is 13.8. The minimum absolute atomic E-state index is 0.139. The molecule has 0 bridgehead atoms. The molecule has 2 N–H and O–H groups in total. The molecule has 3 rings (SSSR count). The van der Waals surface area contributed by atoms with Crippen LogP contribution in [0.5, 0.6) is 0 Å². The van der Waals surface area contributed by atoms with E-state index in [1.165, 1.54) is 0 Å². The van der Waals surface area contributed by atoms with Crippen molar-refractivity contribution in [1.82, 2.24) is 4.98 Å². The van der Waals surface area contributed by atoms with Gasteiger partial charge < -0.3 is 5.73 Å². The normalized spacial score (nSPS) is 12.6. The molecule has 0 saturated carbocycles. The van der Waals surface area contributed by atoms with E-state index in [1.807, 2.05) is 18.2 Å². The van der Waals surface area contributed by atoms with E-state index >= 15 is 0 Å². The first kappa shape index (κ1) is 12.7. The van der Waals surface area contributed by atoms with E-state index in [2.05, 4.69) is 4.98 Å². The lowest BCUT2D eigenvalue weighted by molar-refractivity contribution is 0.577. The number of halogens is 2. The van der Waals surface area contributed by atoms with Crippen LogP contribution in [0.4, 0.5) is 8.78 Å². The second kappa shape index (κ2) is 4.98. The lowest BCUT2D eigenvalue weighted by Gasteiger charge is -2.14. The van der Waals surface area contributed by atoms with Gasteiger partial charge in [0, 0.05) is 17.1 Å². The molecule has 1 unspecified atom stereocenters. The van der Waals surface area contributed by atoms with Gasteiger partial charge in [-0.3, -0.25) is 4.98 Å². The minimum atomic E-state index is -0.725. The van der Waals surface area contributed by atoms with Crippen molar-refractivity contribution in [3.05, 3.63) is 77.5 Å². The van der Waals surface area contributed by atoms with Crippen molar-refractivity contribution in [3.8, 4) is 0 Å². The molecule has 0 aliphatic rings. The minimum Gasteiger partial charge on any atom is -0.320 e. The van der Waals surface area contributed by atoms with Gasteiger partial charge in [-0.25, -0.2) is 8.78 Å². The van der Waals surface area contributed by atoms with E-state index in [-0.39, 0.29) is 5.56 Å². The van der Waals surface area contributed by atoms with E-state index in [1.54, 1.807) is 18.3 Å². The Kier molecular flexibility index (Phi) is 3.16. The molecule has 4 heteroatoms. The first-order valence-electron chi connectivity index (χ1n) is 6.20. The van der Waals surface area contributed by atoms with Gasteiger partial charge in [0.2, 0.25) is 0 Å². The van der Waals surface area contributed by atoms with Crippen LogP contribution in [0.25, 0.3) is 10.9 Å². The second-order valence-electron chi connectivity index (χ2n) is 4.60. The van der Waals surface area contributed by atoms with Crippen LogP contribution in [0.1, 0.15) is 17.2 Å². The summed E-state index contributed by atoms with van der Waals surface area (Å²) >= 11 is 0. The highest BCUT2D eigenvalue weighted by Crippen LogP contribution is 2.25. The molecule has 0 radical (unpaired) electrons. The number of nitrogens with two attached hydrogens (primary N) is 1. The van der Waals surface area contributed by atoms with Crippen molar-refractivity contribution in [2.45, 2.75) is 6.04 Å². The van der Waals surface area contributed by atoms with Gasteiger partial charge in [0.05, 0.1) is 11.6 Å². The number of nitrogens with zero attached hydrogens (tertiary/aromatic N) is 1. The summed E-state index contributed by atoms with van der Waals surface area (Å²) in [6.07, 6.45) is 1.68. The van der Waals surface area contributed by atoms with Crippen molar-refractivity contribution in [1.29, 1.82) is 0 Å². The van der Waals surface area contributed by atoms with Crippen molar-refractivity contribution in [2.75, 3.05) is 0 Å². The van der Waals surface area contributed by atoms with Gasteiger partial charge in [-0.2, -0.15) is 0 Å². The molecular formula is C16H12F2N2. The average molecular weight is 270 g/mol. The molecule has 0 spiro atoms. The molecule has 0 aliphatic heterocycles. The van der Waals surface area contributed by atoms with Crippen molar-refractivity contribution >= 4 is 10.9 Å². The van der Waals surface area contributed by atoms with Crippen LogP contribution < -0.4 is 5.73 Å². The molecule has 20 heavy (non-hydrogen) atoms. The molecule has 2 nitrogen and oxygen atoms in total. The first-order valence-corrected chi connectivity index (χ1v) is 6.20. The topological polar surface area (TPSA) is 38.9 Å². The average Bonchev–Trinajstić information content (AvgIpc) is 2.48. The summed E-state index contributed by atoms with van der Waals surface area (Å²) in [6, 6.07) is 11.8. The number of fused-ring (bicyclic) bond motifs is 1. The van der Waals surface area contributed by atoms with Crippen LogP contribution in [0.3, 0.4) is 0 Å². The smallest absolute Gasteiger partial charge is 0.128 e. The Bertz CT molecular complexity index is 771. The van der Waals surface area contributed by atoms with Gasteiger partial charge >= 0.3 is 0 Å². The first-order chi connectivity index (χ1) is 9.65. The highest BCUT2D eigenvalue weighted by Gasteiger charge is 2.15. The van der Waals surface area contributed by atoms with E-state index in [0.717, 1.165) is 29.1 Å².